The Morgan fingerprint density at radius 2 is 1.53 bits per heavy atom. The van der Waals surface area contributed by atoms with Crippen LogP contribution in [-0.4, -0.2) is 174 Å². The predicted molar refractivity (Wildman–Crippen MR) is 239 cm³/mol. The molecule has 8 atom stereocenters. The van der Waals surface area contributed by atoms with Crippen LogP contribution in [-0.2, 0) is 39.6 Å². The van der Waals surface area contributed by atoms with Crippen molar-refractivity contribution in [3.05, 3.63) is 35.9 Å². The lowest BCUT2D eigenvalue weighted by molar-refractivity contribution is -0.146. The number of carbonyl (C=O) groups excluding carboxylic acids is 4. The summed E-state index contributed by atoms with van der Waals surface area (Å²) in [5.41, 5.74) is 0.0666. The molecular formula is C44H76N7O10P. The molecule has 4 amide bonds. The molecule has 352 valence electrons. The molecule has 17 nitrogen and oxygen atoms in total. The zero-order valence-corrected chi connectivity index (χ0v) is 40.3. The number of piperazine rings is 1. The van der Waals surface area contributed by atoms with E-state index < -0.39 is 61.1 Å². The quantitative estimate of drug-likeness (QED) is 0.108. The fourth-order valence-corrected chi connectivity index (χ4v) is 9.16. The molecule has 2 aliphatic heterocycles. The Morgan fingerprint density at radius 1 is 0.935 bits per heavy atom. The summed E-state index contributed by atoms with van der Waals surface area (Å²) in [7, 11) is 3.81. The number of carbonyl (C=O) groups is 4. The molecule has 0 saturated carbocycles. The molecule has 18 heteroatoms. The molecule has 0 aliphatic carbocycles. The molecule has 1 aromatic rings. The third-order valence-electron chi connectivity index (χ3n) is 12.0. The number of guanidine groups is 1. The van der Waals surface area contributed by atoms with Gasteiger partial charge in [-0.1, -0.05) is 71.4 Å². The Labute approximate surface area is 370 Å². The van der Waals surface area contributed by atoms with Gasteiger partial charge in [-0.25, -0.2) is 9.79 Å². The molecule has 2 fully saturated rings. The van der Waals surface area contributed by atoms with Gasteiger partial charge in [-0.05, 0) is 51.0 Å². The van der Waals surface area contributed by atoms with Crippen LogP contribution in [0.25, 0.3) is 0 Å². The highest BCUT2D eigenvalue weighted by Crippen LogP contribution is 2.41. The van der Waals surface area contributed by atoms with Gasteiger partial charge in [0.2, 0.25) is 17.7 Å². The van der Waals surface area contributed by atoms with Crippen LogP contribution in [0.15, 0.2) is 35.3 Å². The number of amides is 4. The van der Waals surface area contributed by atoms with Crippen molar-refractivity contribution in [2.75, 3.05) is 68.1 Å². The van der Waals surface area contributed by atoms with Crippen LogP contribution in [0.4, 0.5) is 4.79 Å². The van der Waals surface area contributed by atoms with E-state index in [0.717, 1.165) is 0 Å². The number of nitrogens with one attached hydrogen (secondary N) is 1. The van der Waals surface area contributed by atoms with Crippen molar-refractivity contribution < 1.29 is 47.7 Å². The molecule has 0 bridgehead atoms. The Bertz CT molecular complexity index is 1700. The summed E-state index contributed by atoms with van der Waals surface area (Å²) in [6.07, 6.45) is 0.0611. The second-order valence-electron chi connectivity index (χ2n) is 18.4. The van der Waals surface area contributed by atoms with Gasteiger partial charge in [0.05, 0.1) is 36.6 Å². The highest BCUT2D eigenvalue weighted by atomic mass is 31.2. The van der Waals surface area contributed by atoms with Crippen molar-refractivity contribution in [3.63, 3.8) is 0 Å². The summed E-state index contributed by atoms with van der Waals surface area (Å²) < 4.78 is 30.0. The van der Waals surface area contributed by atoms with E-state index in [-0.39, 0.29) is 42.6 Å². The van der Waals surface area contributed by atoms with Crippen LogP contribution < -0.4 is 5.32 Å². The summed E-state index contributed by atoms with van der Waals surface area (Å²) in [6, 6.07) is 7.08. The highest BCUT2D eigenvalue weighted by Gasteiger charge is 2.44. The number of rotatable bonds is 18. The zero-order valence-electron chi connectivity index (χ0n) is 39.4. The molecular weight excluding hydrogens is 817 g/mol. The molecule has 2 heterocycles. The number of nitrogens with zero attached hydrogens (tertiary/aromatic N) is 6. The molecule has 3 N–H and O–H groups in total. The standard InChI is InChI=1S/C44H76N7O10P/c1-14-30(4)38(48(11)41(54)37(29(2)3)46-42(47(9)10)49-23-25-50(26-24-49)43(55)61-44(6,7)8)34(59-12)28-36(52)51-22-18-21-33(51)39(60-13)31(5)40(53)45-35(62(56,57)58)27-32-19-16-15-17-20-32/h15-17,19-20,29-31,33-35,37-39H,14,18,21-28H2,1-13H3,(H,45,53)(H2,56,57,58)/t30-,31+,33?,34+,35+,37?,38-,39+/m0/s1. The monoisotopic (exact) mass is 894 g/mol. The second-order valence-corrected chi connectivity index (χ2v) is 20.2. The third kappa shape index (κ3) is 14.4. The van der Waals surface area contributed by atoms with Crippen LogP contribution in [0.5, 0.6) is 0 Å². The van der Waals surface area contributed by atoms with Crippen LogP contribution >= 0.6 is 7.60 Å². The number of methoxy groups -OCH3 is 2. The summed E-state index contributed by atoms with van der Waals surface area (Å²) in [5.74, 6) is -2.89. The lowest BCUT2D eigenvalue weighted by atomic mass is 9.89. The van der Waals surface area contributed by atoms with Gasteiger partial charge < -0.3 is 53.8 Å². The van der Waals surface area contributed by atoms with Gasteiger partial charge in [-0.2, -0.15) is 0 Å². The van der Waals surface area contributed by atoms with E-state index in [4.69, 9.17) is 19.2 Å². The van der Waals surface area contributed by atoms with Gasteiger partial charge in [-0.3, -0.25) is 18.9 Å². The third-order valence-corrected chi connectivity index (χ3v) is 13.1. The summed E-state index contributed by atoms with van der Waals surface area (Å²) in [4.78, 5) is 89.8. The Hall–Kier alpha value is -3.76. The normalized spacial score (nSPS) is 19.9. The smallest absolute Gasteiger partial charge is 0.410 e. The maximum atomic E-state index is 14.6. The molecule has 0 aromatic heterocycles. The number of ether oxygens (including phenoxy) is 3. The van der Waals surface area contributed by atoms with Gasteiger partial charge in [0, 0.05) is 74.5 Å². The van der Waals surface area contributed by atoms with Gasteiger partial charge in [0.25, 0.3) is 0 Å². The maximum absolute atomic E-state index is 14.6. The molecule has 2 unspecified atom stereocenters. The Kier molecular flexibility index (Phi) is 19.7. The summed E-state index contributed by atoms with van der Waals surface area (Å²) in [5, 5.41) is 2.58. The van der Waals surface area contributed by atoms with Crippen LogP contribution in [0.2, 0.25) is 0 Å². The minimum Gasteiger partial charge on any atom is -0.444 e. The van der Waals surface area contributed by atoms with Crippen LogP contribution in [0.1, 0.15) is 86.6 Å². The topological polar surface area (TPSA) is 194 Å². The molecule has 2 saturated heterocycles. The Balaban J connectivity index is 1.81. The first kappa shape index (κ1) is 52.6. The Morgan fingerprint density at radius 3 is 2.03 bits per heavy atom. The minimum atomic E-state index is -4.73. The van der Waals surface area contributed by atoms with E-state index in [9.17, 15) is 33.5 Å². The van der Waals surface area contributed by atoms with Crippen molar-refractivity contribution in [3.8, 4) is 0 Å². The van der Waals surface area contributed by atoms with Crippen molar-refractivity contribution >= 4 is 37.4 Å². The average molecular weight is 894 g/mol. The lowest BCUT2D eigenvalue weighted by Gasteiger charge is -2.41. The number of hydrogen-bond donors (Lipinski definition) is 3. The number of likely N-dealkylation sites (tertiary alicyclic amines) is 1. The summed E-state index contributed by atoms with van der Waals surface area (Å²) in [6.45, 7) is 17.5. The largest absolute Gasteiger partial charge is 0.444 e. The van der Waals surface area contributed by atoms with Crippen molar-refractivity contribution in [1.29, 1.82) is 0 Å². The van der Waals surface area contributed by atoms with Gasteiger partial charge in [0.1, 0.15) is 17.4 Å². The first-order valence-electron chi connectivity index (χ1n) is 21.9. The number of likely N-dealkylation sites (N-methyl/N-ethyl adjacent to an activating group) is 1. The molecule has 0 radical (unpaired) electrons. The first-order chi connectivity index (χ1) is 28.9. The van der Waals surface area contributed by atoms with E-state index in [1.54, 1.807) is 66.1 Å². The fraction of sp³-hybridized carbons (Fsp3) is 0.750. The number of benzene rings is 1. The second kappa shape index (κ2) is 23.3. The molecule has 0 spiro atoms. The minimum absolute atomic E-state index is 0.0333. The molecule has 1 aromatic carbocycles. The molecule has 2 aliphatic rings. The van der Waals surface area contributed by atoms with Crippen molar-refractivity contribution in [2.45, 2.75) is 129 Å². The summed E-state index contributed by atoms with van der Waals surface area (Å²) >= 11 is 0. The van der Waals surface area contributed by atoms with E-state index in [1.165, 1.54) is 7.11 Å². The number of aliphatic imine (C=N–C) groups is 1. The van der Waals surface area contributed by atoms with Crippen LogP contribution in [0, 0.1) is 17.8 Å². The first-order valence-corrected chi connectivity index (χ1v) is 23.6. The predicted octanol–water partition coefficient (Wildman–Crippen LogP) is 4.26. The number of hydrogen-bond acceptors (Lipinski definition) is 9. The van der Waals surface area contributed by atoms with Crippen LogP contribution in [0.3, 0.4) is 0 Å². The zero-order chi connectivity index (χ0) is 46.7. The highest BCUT2D eigenvalue weighted by molar-refractivity contribution is 7.52. The fourth-order valence-electron chi connectivity index (χ4n) is 8.41. The SMILES string of the molecule is CC[C@H](C)[C@@H]([C@@H](CC(=O)N1CCCC1[C@H](OC)[C@@H](C)C(=O)N[C@@H](Cc1ccccc1)P(=O)(O)O)OC)N(C)C(=O)C(N=C(N(C)C)N1CCN(C(=O)OC(C)(C)C)CC1)C(C)C. The van der Waals surface area contributed by atoms with Gasteiger partial charge in [-0.15, -0.1) is 0 Å². The maximum Gasteiger partial charge on any atom is 0.410 e. The van der Waals surface area contributed by atoms with E-state index in [1.807, 2.05) is 67.5 Å². The van der Waals surface area contributed by atoms with E-state index in [2.05, 4.69) is 10.2 Å². The molecule has 3 rings (SSSR count). The van der Waals surface area contributed by atoms with Crippen molar-refractivity contribution in [2.24, 2.45) is 22.7 Å². The van der Waals surface area contributed by atoms with E-state index in [0.29, 0.717) is 63.5 Å². The lowest BCUT2D eigenvalue weighted by Crippen LogP contribution is -2.56. The van der Waals surface area contributed by atoms with Crippen molar-refractivity contribution in [1.82, 2.24) is 29.8 Å². The van der Waals surface area contributed by atoms with E-state index >= 15 is 0 Å². The molecule has 62 heavy (non-hydrogen) atoms. The van der Waals surface area contributed by atoms with Gasteiger partial charge in [0.15, 0.2) is 5.96 Å². The van der Waals surface area contributed by atoms with Gasteiger partial charge >= 0.3 is 13.7 Å². The average Bonchev–Trinajstić information content (AvgIpc) is 3.69.